The summed E-state index contributed by atoms with van der Waals surface area (Å²) in [5, 5.41) is 19.9. The highest BCUT2D eigenvalue weighted by atomic mass is 16.5. The molecule has 36 heavy (non-hydrogen) atoms. The zero-order valence-electron chi connectivity index (χ0n) is 21.2. The van der Waals surface area contributed by atoms with Gasteiger partial charge in [-0.25, -0.2) is 4.79 Å². The maximum atomic E-state index is 12.6. The summed E-state index contributed by atoms with van der Waals surface area (Å²) < 4.78 is 6.11. The third-order valence-corrected chi connectivity index (χ3v) is 6.44. The van der Waals surface area contributed by atoms with Gasteiger partial charge < -0.3 is 19.8 Å². The van der Waals surface area contributed by atoms with Crippen molar-refractivity contribution in [3.8, 4) is 5.75 Å². The number of allylic oxidation sites excluding steroid dienone is 3. The number of carbonyl (C=O) groups excluding carboxylic acids is 1. The third kappa shape index (κ3) is 5.40. The first-order chi connectivity index (χ1) is 17.0. The van der Waals surface area contributed by atoms with E-state index in [9.17, 15) is 24.6 Å². The molecular weight excluding hydrogens is 458 g/mol. The van der Waals surface area contributed by atoms with Crippen molar-refractivity contribution in [1.29, 1.82) is 0 Å². The van der Waals surface area contributed by atoms with Gasteiger partial charge in [-0.1, -0.05) is 30.4 Å². The summed E-state index contributed by atoms with van der Waals surface area (Å²) in [5.41, 5.74) is 2.41. The monoisotopic (exact) mass is 489 g/mol. The Morgan fingerprint density at radius 1 is 1.06 bits per heavy atom. The van der Waals surface area contributed by atoms with Gasteiger partial charge in [0, 0.05) is 43.9 Å². The highest BCUT2D eigenvalue weighted by molar-refractivity contribution is 6.04. The summed E-state index contributed by atoms with van der Waals surface area (Å²) in [6.07, 6.45) is 6.17. The summed E-state index contributed by atoms with van der Waals surface area (Å²) in [6, 6.07) is 10.5. The number of carbonyl (C=O) groups is 3. The molecule has 1 aliphatic rings. The number of hydrogen-bond donors (Lipinski definition) is 2. The molecule has 1 aliphatic carbocycles. The van der Waals surface area contributed by atoms with Crippen LogP contribution in [-0.2, 0) is 21.6 Å². The number of rotatable bonds is 9. The van der Waals surface area contributed by atoms with E-state index >= 15 is 0 Å². The van der Waals surface area contributed by atoms with E-state index in [1.807, 2.05) is 34.0 Å². The van der Waals surface area contributed by atoms with Crippen molar-refractivity contribution < 1.29 is 29.3 Å². The minimum atomic E-state index is -1.53. The molecule has 0 spiro atoms. The number of aliphatic carboxylic acids is 2. The summed E-state index contributed by atoms with van der Waals surface area (Å²) in [5.74, 6) is -1.80. The van der Waals surface area contributed by atoms with Crippen molar-refractivity contribution >= 4 is 17.7 Å². The van der Waals surface area contributed by atoms with E-state index in [1.165, 1.54) is 6.08 Å². The molecule has 0 bridgehead atoms. The van der Waals surface area contributed by atoms with E-state index in [0.717, 1.165) is 11.1 Å². The van der Waals surface area contributed by atoms with Crippen molar-refractivity contribution in [2.45, 2.75) is 39.2 Å². The summed E-state index contributed by atoms with van der Waals surface area (Å²) >= 11 is 0. The van der Waals surface area contributed by atoms with Gasteiger partial charge in [0.1, 0.15) is 17.8 Å². The van der Waals surface area contributed by atoms with E-state index < -0.39 is 17.4 Å². The second kappa shape index (κ2) is 10.6. The molecule has 0 heterocycles. The number of aryl methyl sites for hydroxylation is 2. The number of carboxylic acid groups (broad SMARTS) is 2. The van der Waals surface area contributed by atoms with Crippen molar-refractivity contribution in [2.24, 2.45) is 0 Å². The van der Waals surface area contributed by atoms with Crippen molar-refractivity contribution in [3.63, 3.8) is 0 Å². The molecule has 0 radical (unpaired) electrons. The number of ketones is 1. The summed E-state index contributed by atoms with van der Waals surface area (Å²) in [4.78, 5) is 38.6. The van der Waals surface area contributed by atoms with Gasteiger partial charge in [-0.3, -0.25) is 9.59 Å². The summed E-state index contributed by atoms with van der Waals surface area (Å²) in [6.45, 7) is 5.47. The number of carboxylic acids is 2. The van der Waals surface area contributed by atoms with Crippen LogP contribution >= 0.6 is 0 Å². The molecule has 188 valence electrons. The molecule has 7 heteroatoms. The number of nitrogens with zero attached hydrogens (tertiary/aromatic N) is 1. The van der Waals surface area contributed by atoms with Gasteiger partial charge >= 0.3 is 11.9 Å². The fraction of sp³-hybridized carbons (Fsp3) is 0.276. The van der Waals surface area contributed by atoms with Crippen LogP contribution in [0.5, 0.6) is 5.75 Å². The lowest BCUT2D eigenvalue weighted by Gasteiger charge is -2.32. The van der Waals surface area contributed by atoms with Crippen LogP contribution in [-0.4, -0.2) is 46.9 Å². The molecule has 2 aromatic rings. The molecule has 1 unspecified atom stereocenters. The lowest BCUT2D eigenvalue weighted by atomic mass is 9.69. The van der Waals surface area contributed by atoms with Gasteiger partial charge in [0.25, 0.3) is 0 Å². The predicted octanol–water partition coefficient (Wildman–Crippen LogP) is 4.82. The molecule has 0 saturated heterocycles. The van der Waals surface area contributed by atoms with Crippen LogP contribution in [0.25, 0.3) is 0 Å². The van der Waals surface area contributed by atoms with Gasteiger partial charge in [0.2, 0.25) is 0 Å². The molecule has 1 atom stereocenters. The van der Waals surface area contributed by atoms with Crippen molar-refractivity contribution in [1.82, 2.24) is 4.90 Å². The molecule has 0 fully saturated rings. The van der Waals surface area contributed by atoms with Crippen molar-refractivity contribution in [2.75, 3.05) is 14.1 Å². The zero-order valence-corrected chi connectivity index (χ0v) is 21.2. The van der Waals surface area contributed by atoms with Crippen LogP contribution in [0.15, 0.2) is 72.0 Å². The number of ether oxygens (including phenoxy) is 1. The molecule has 0 saturated carbocycles. The largest absolute Gasteiger partial charge is 0.489 e. The Balaban J connectivity index is 1.94. The second-order valence-corrected chi connectivity index (χ2v) is 9.27. The average molecular weight is 490 g/mol. The first kappa shape index (κ1) is 26.5. The molecule has 0 aromatic heterocycles. The molecule has 2 N–H and O–H groups in total. The Kier molecular flexibility index (Phi) is 7.83. The topological polar surface area (TPSA) is 104 Å². The maximum absolute atomic E-state index is 12.6. The van der Waals surface area contributed by atoms with Crippen LogP contribution in [0.2, 0.25) is 0 Å². The Morgan fingerprint density at radius 3 is 2.39 bits per heavy atom. The molecule has 3 rings (SSSR count). The van der Waals surface area contributed by atoms with E-state index in [0.29, 0.717) is 28.0 Å². The summed E-state index contributed by atoms with van der Waals surface area (Å²) in [7, 11) is 3.67. The normalized spacial score (nSPS) is 17.4. The second-order valence-electron chi connectivity index (χ2n) is 9.27. The van der Waals surface area contributed by atoms with E-state index in [1.54, 1.807) is 60.5 Å². The van der Waals surface area contributed by atoms with E-state index in [2.05, 4.69) is 0 Å². The SMILES string of the molecule is CC1=C(C(=O)O)CC(C(=O)O)(c2cccc(C)c2COc2ccc(C(=O)C=CN(C)C)cc2C)C=C1. The fourth-order valence-electron chi connectivity index (χ4n) is 4.28. The third-order valence-electron chi connectivity index (χ3n) is 6.44. The molecule has 7 nitrogen and oxygen atoms in total. The van der Waals surface area contributed by atoms with Crippen molar-refractivity contribution in [3.05, 3.63) is 99.8 Å². The Labute approximate surface area is 211 Å². The average Bonchev–Trinajstić information content (AvgIpc) is 2.82. The Morgan fingerprint density at radius 2 is 1.78 bits per heavy atom. The van der Waals surface area contributed by atoms with Crippen LogP contribution in [0, 0.1) is 13.8 Å². The first-order valence-corrected chi connectivity index (χ1v) is 11.5. The van der Waals surface area contributed by atoms with Gasteiger partial charge in [0.05, 0.1) is 0 Å². The Bertz CT molecular complexity index is 1300. The standard InChI is InChI=1S/C29H31NO6/c1-18-7-6-8-24(29(28(34)35)13-11-19(2)22(16-29)27(32)33)23(18)17-36-26-10-9-21(15-20(26)3)25(31)12-14-30(4)5/h6-15H,16-17H2,1-5H3,(H,32,33)(H,34,35). The maximum Gasteiger partial charge on any atom is 0.331 e. The fourth-order valence-corrected chi connectivity index (χ4v) is 4.28. The van der Waals surface area contributed by atoms with Gasteiger partial charge in [0.15, 0.2) is 5.78 Å². The molecule has 0 aliphatic heterocycles. The van der Waals surface area contributed by atoms with Crippen LogP contribution < -0.4 is 4.74 Å². The molecule has 0 amide bonds. The lowest BCUT2D eigenvalue weighted by molar-refractivity contribution is -0.142. The number of benzene rings is 2. The zero-order chi connectivity index (χ0) is 26.6. The Hall–Kier alpha value is -4.13. The quantitative estimate of drug-likeness (QED) is 0.384. The van der Waals surface area contributed by atoms with Gasteiger partial charge in [-0.05, 0) is 66.8 Å². The van der Waals surface area contributed by atoms with Crippen LogP contribution in [0.1, 0.15) is 46.0 Å². The minimum Gasteiger partial charge on any atom is -0.489 e. The predicted molar refractivity (Wildman–Crippen MR) is 137 cm³/mol. The minimum absolute atomic E-state index is 0.0766. The number of hydrogen-bond acceptors (Lipinski definition) is 5. The van der Waals surface area contributed by atoms with Crippen LogP contribution in [0.3, 0.4) is 0 Å². The highest BCUT2D eigenvalue weighted by Gasteiger charge is 2.43. The first-order valence-electron chi connectivity index (χ1n) is 11.5. The van der Waals surface area contributed by atoms with E-state index in [-0.39, 0.29) is 24.4 Å². The molecular formula is C29H31NO6. The lowest BCUT2D eigenvalue weighted by Crippen LogP contribution is -2.38. The van der Waals surface area contributed by atoms with Gasteiger partial charge in [-0.2, -0.15) is 0 Å². The van der Waals surface area contributed by atoms with E-state index in [4.69, 9.17) is 4.74 Å². The van der Waals surface area contributed by atoms with Gasteiger partial charge in [-0.15, -0.1) is 0 Å². The smallest absolute Gasteiger partial charge is 0.331 e. The molecule has 2 aromatic carbocycles. The highest BCUT2D eigenvalue weighted by Crippen LogP contribution is 2.41. The van der Waals surface area contributed by atoms with Crippen LogP contribution in [0.4, 0.5) is 0 Å².